The lowest BCUT2D eigenvalue weighted by Gasteiger charge is -2.24. The lowest BCUT2D eigenvalue weighted by Crippen LogP contribution is -2.50. The van der Waals surface area contributed by atoms with Gasteiger partial charge in [-0.1, -0.05) is 77.6 Å². The van der Waals surface area contributed by atoms with E-state index in [0.717, 1.165) is 19.3 Å². The van der Waals surface area contributed by atoms with Gasteiger partial charge in [0.1, 0.15) is 6.42 Å². The highest BCUT2D eigenvalue weighted by Crippen LogP contribution is 2.24. The van der Waals surface area contributed by atoms with E-state index in [0.29, 0.717) is 12.8 Å². The predicted molar refractivity (Wildman–Crippen MR) is 101 cm³/mol. The van der Waals surface area contributed by atoms with Crippen LogP contribution >= 0.6 is 0 Å². The summed E-state index contributed by atoms with van der Waals surface area (Å²) in [7, 11) is -5.24. The molecule has 0 aromatic carbocycles. The quantitative estimate of drug-likeness (QED) is 0.229. The molecule has 0 aliphatic carbocycles. The van der Waals surface area contributed by atoms with Gasteiger partial charge in [-0.15, -0.1) is 0 Å². The number of aliphatic carboxylic acids is 2. The molecule has 1 atom stereocenters. The first-order valence-corrected chi connectivity index (χ1v) is 11.2. The first-order valence-electron chi connectivity index (χ1n) is 9.73. The molecule has 0 amide bonds. The number of carboxylic acids is 2. The summed E-state index contributed by atoms with van der Waals surface area (Å²) in [4.78, 5) is 18.9. The van der Waals surface area contributed by atoms with Crippen molar-refractivity contribution in [1.82, 2.24) is 0 Å². The standard InChI is InChI=1S/C18H34O8S/c1-2-3-4-5-6-7-8-9-10-11-12-13-14-26-18(17(21)22,15-16(19)20)27(23,24)25/h2-15H2,1H3,(H,19,20)(H,21,22)(H,23,24,25). The number of hydrogen-bond acceptors (Lipinski definition) is 5. The maximum Gasteiger partial charge on any atom is 0.355 e. The zero-order valence-electron chi connectivity index (χ0n) is 16.2. The van der Waals surface area contributed by atoms with Gasteiger partial charge in [0.2, 0.25) is 0 Å². The molecule has 0 fully saturated rings. The fourth-order valence-corrected chi connectivity index (χ4v) is 3.60. The third-order valence-electron chi connectivity index (χ3n) is 4.46. The third-order valence-corrected chi connectivity index (χ3v) is 5.73. The topological polar surface area (TPSA) is 138 Å². The van der Waals surface area contributed by atoms with E-state index in [4.69, 9.17) is 19.5 Å². The molecule has 9 heteroatoms. The summed E-state index contributed by atoms with van der Waals surface area (Å²) in [5.74, 6) is -3.73. The van der Waals surface area contributed by atoms with Gasteiger partial charge in [0.25, 0.3) is 0 Å². The van der Waals surface area contributed by atoms with Gasteiger partial charge >= 0.3 is 27.0 Å². The average Bonchev–Trinajstić information content (AvgIpc) is 2.56. The van der Waals surface area contributed by atoms with Crippen LogP contribution in [0, 0.1) is 0 Å². The minimum absolute atomic E-state index is 0.253. The van der Waals surface area contributed by atoms with E-state index < -0.39 is 33.4 Å². The second-order valence-electron chi connectivity index (χ2n) is 6.84. The number of rotatable bonds is 18. The van der Waals surface area contributed by atoms with Crippen molar-refractivity contribution < 1.29 is 37.5 Å². The van der Waals surface area contributed by atoms with Gasteiger partial charge in [-0.05, 0) is 6.42 Å². The van der Waals surface area contributed by atoms with Gasteiger partial charge in [0.15, 0.2) is 0 Å². The van der Waals surface area contributed by atoms with Crippen molar-refractivity contribution >= 4 is 22.1 Å². The molecule has 0 bridgehead atoms. The van der Waals surface area contributed by atoms with E-state index in [1.54, 1.807) is 0 Å². The molecule has 27 heavy (non-hydrogen) atoms. The number of carbonyl (C=O) groups is 2. The second kappa shape index (κ2) is 13.9. The Morgan fingerprint density at radius 3 is 1.56 bits per heavy atom. The lowest BCUT2D eigenvalue weighted by atomic mass is 10.1. The van der Waals surface area contributed by atoms with Gasteiger partial charge in [-0.2, -0.15) is 8.42 Å². The molecule has 0 heterocycles. The van der Waals surface area contributed by atoms with Crippen LogP contribution in [0.25, 0.3) is 0 Å². The molecule has 0 aromatic heterocycles. The number of carboxylic acid groups (broad SMARTS) is 2. The maximum absolute atomic E-state index is 11.4. The van der Waals surface area contributed by atoms with E-state index in [9.17, 15) is 18.0 Å². The number of unbranched alkanes of at least 4 members (excludes halogenated alkanes) is 11. The minimum Gasteiger partial charge on any atom is -0.481 e. The van der Waals surface area contributed by atoms with Crippen molar-refractivity contribution in [3.05, 3.63) is 0 Å². The van der Waals surface area contributed by atoms with Crippen molar-refractivity contribution in [2.45, 2.75) is 95.3 Å². The van der Waals surface area contributed by atoms with Gasteiger partial charge in [0.05, 0.1) is 0 Å². The molecular formula is C18H34O8S. The zero-order chi connectivity index (χ0) is 20.8. The molecule has 0 radical (unpaired) electrons. The fraction of sp³-hybridized carbons (Fsp3) is 0.889. The Morgan fingerprint density at radius 2 is 1.22 bits per heavy atom. The highest BCUT2D eigenvalue weighted by molar-refractivity contribution is 7.88. The van der Waals surface area contributed by atoms with E-state index in [1.807, 2.05) is 0 Å². The van der Waals surface area contributed by atoms with Crippen LogP contribution in [0.1, 0.15) is 90.4 Å². The monoisotopic (exact) mass is 410 g/mol. The molecule has 0 aliphatic rings. The van der Waals surface area contributed by atoms with Crippen molar-refractivity contribution in [2.75, 3.05) is 6.61 Å². The van der Waals surface area contributed by atoms with Crippen molar-refractivity contribution in [3.63, 3.8) is 0 Å². The van der Waals surface area contributed by atoms with Crippen LogP contribution in [0.15, 0.2) is 0 Å². The van der Waals surface area contributed by atoms with Crippen LogP contribution in [0.2, 0.25) is 0 Å². The summed E-state index contributed by atoms with van der Waals surface area (Å²) in [5.41, 5.74) is 0. The highest BCUT2D eigenvalue weighted by atomic mass is 32.2. The summed E-state index contributed by atoms with van der Waals surface area (Å²) < 4.78 is 36.7. The Balaban J connectivity index is 4.00. The average molecular weight is 411 g/mol. The maximum atomic E-state index is 11.4. The number of ether oxygens (including phenoxy) is 1. The summed E-state index contributed by atoms with van der Waals surface area (Å²) in [6.07, 6.45) is 11.6. The highest BCUT2D eigenvalue weighted by Gasteiger charge is 2.54. The zero-order valence-corrected chi connectivity index (χ0v) is 17.0. The molecule has 0 saturated heterocycles. The third kappa shape index (κ3) is 10.7. The largest absolute Gasteiger partial charge is 0.481 e. The lowest BCUT2D eigenvalue weighted by molar-refractivity contribution is -0.162. The van der Waals surface area contributed by atoms with Crippen LogP contribution < -0.4 is 0 Å². The number of hydrogen-bond donors (Lipinski definition) is 3. The molecule has 1 unspecified atom stereocenters. The van der Waals surface area contributed by atoms with E-state index in [-0.39, 0.29) is 6.61 Å². The molecule has 0 aliphatic heterocycles. The Bertz CT molecular complexity index is 531. The van der Waals surface area contributed by atoms with Gasteiger partial charge in [-0.3, -0.25) is 9.35 Å². The van der Waals surface area contributed by atoms with E-state index >= 15 is 0 Å². The predicted octanol–water partition coefficient (Wildman–Crippen LogP) is 3.85. The molecular weight excluding hydrogens is 376 g/mol. The summed E-state index contributed by atoms with van der Waals surface area (Å²) in [5, 5.41) is 17.8. The van der Waals surface area contributed by atoms with Crippen LogP contribution in [0.4, 0.5) is 0 Å². The Morgan fingerprint density at radius 1 is 0.815 bits per heavy atom. The smallest absolute Gasteiger partial charge is 0.355 e. The second-order valence-corrected chi connectivity index (χ2v) is 8.45. The molecule has 0 rings (SSSR count). The molecule has 0 aromatic rings. The van der Waals surface area contributed by atoms with Gasteiger partial charge in [0, 0.05) is 6.61 Å². The molecule has 8 nitrogen and oxygen atoms in total. The summed E-state index contributed by atoms with van der Waals surface area (Å²) >= 11 is 0. The Hall–Kier alpha value is -1.19. The van der Waals surface area contributed by atoms with Crippen molar-refractivity contribution in [2.24, 2.45) is 0 Å². The summed E-state index contributed by atoms with van der Waals surface area (Å²) in [6, 6.07) is 0. The molecule has 0 saturated carbocycles. The van der Waals surface area contributed by atoms with E-state index in [2.05, 4.69) is 6.92 Å². The van der Waals surface area contributed by atoms with Crippen molar-refractivity contribution in [3.8, 4) is 0 Å². The molecule has 160 valence electrons. The summed E-state index contributed by atoms with van der Waals surface area (Å²) in [6.45, 7) is 1.94. The van der Waals surface area contributed by atoms with Crippen molar-refractivity contribution in [1.29, 1.82) is 0 Å². The first-order chi connectivity index (χ1) is 12.7. The Labute approximate surface area is 162 Å². The van der Waals surface area contributed by atoms with Crippen LogP contribution in [-0.4, -0.2) is 46.7 Å². The normalized spacial score (nSPS) is 14.0. The molecule has 3 N–H and O–H groups in total. The van der Waals surface area contributed by atoms with Gasteiger partial charge in [-0.25, -0.2) is 4.79 Å². The SMILES string of the molecule is CCCCCCCCCCCCCCOC(CC(=O)O)(C(=O)O)S(=O)(=O)O. The fourth-order valence-electron chi connectivity index (χ4n) is 2.84. The Kier molecular flexibility index (Phi) is 13.3. The van der Waals surface area contributed by atoms with Crippen LogP contribution in [0.5, 0.6) is 0 Å². The molecule has 0 spiro atoms. The van der Waals surface area contributed by atoms with Gasteiger partial charge < -0.3 is 14.9 Å². The first kappa shape index (κ1) is 25.8. The minimum atomic E-state index is -5.24. The van der Waals surface area contributed by atoms with Crippen LogP contribution in [-0.2, 0) is 24.4 Å². The van der Waals surface area contributed by atoms with Crippen LogP contribution in [0.3, 0.4) is 0 Å². The van der Waals surface area contributed by atoms with E-state index in [1.165, 1.54) is 44.9 Å².